The molecule has 3 nitrogen and oxygen atoms in total. The van der Waals surface area contributed by atoms with Gasteiger partial charge in [0.15, 0.2) is 0 Å². The highest BCUT2D eigenvalue weighted by atomic mass is 16.5. The third-order valence-electron chi connectivity index (χ3n) is 3.61. The average molecular weight is 260 g/mol. The minimum Gasteiger partial charge on any atom is -0.490 e. The normalized spacial score (nSPS) is 20.9. The van der Waals surface area contributed by atoms with Crippen LogP contribution in [0.15, 0.2) is 30.3 Å². The fourth-order valence-corrected chi connectivity index (χ4v) is 2.49. The van der Waals surface area contributed by atoms with E-state index in [9.17, 15) is 0 Å². The molecule has 0 atom stereocenters. The number of ether oxygens (including phenoxy) is 3. The van der Waals surface area contributed by atoms with Gasteiger partial charge in [-0.15, -0.1) is 0 Å². The molecule has 0 bridgehead atoms. The Morgan fingerprint density at radius 3 is 2.42 bits per heavy atom. The number of rotatable bonds is 3. The molecule has 0 saturated carbocycles. The van der Waals surface area contributed by atoms with Crippen molar-refractivity contribution in [2.24, 2.45) is 0 Å². The first-order valence-corrected chi connectivity index (χ1v) is 7.03. The smallest absolute Gasteiger partial charge is 0.119 e. The predicted molar refractivity (Wildman–Crippen MR) is 74.3 cm³/mol. The largest absolute Gasteiger partial charge is 0.490 e. The van der Waals surface area contributed by atoms with Crippen LogP contribution in [0.5, 0.6) is 5.75 Å². The Morgan fingerprint density at radius 2 is 1.74 bits per heavy atom. The van der Waals surface area contributed by atoms with Gasteiger partial charge in [-0.25, -0.2) is 0 Å². The van der Waals surface area contributed by atoms with E-state index in [1.807, 2.05) is 0 Å². The Labute approximate surface area is 114 Å². The lowest BCUT2D eigenvalue weighted by Gasteiger charge is -2.23. The zero-order chi connectivity index (χ0) is 12.9. The average Bonchev–Trinajstić information content (AvgIpc) is 2.50. The van der Waals surface area contributed by atoms with E-state index in [0.29, 0.717) is 6.10 Å². The second-order valence-corrected chi connectivity index (χ2v) is 5.02. The fraction of sp³-hybridized carbons (Fsp3) is 0.500. The first-order chi connectivity index (χ1) is 9.42. The molecule has 0 aliphatic carbocycles. The van der Waals surface area contributed by atoms with Crippen molar-refractivity contribution in [3.63, 3.8) is 0 Å². The Balaban J connectivity index is 1.63. The van der Waals surface area contributed by atoms with Crippen LogP contribution in [0.3, 0.4) is 0 Å². The van der Waals surface area contributed by atoms with Crippen LogP contribution in [-0.4, -0.2) is 32.5 Å². The molecule has 1 saturated heterocycles. The predicted octanol–water partition coefficient (Wildman–Crippen LogP) is 3.05. The monoisotopic (exact) mass is 260 g/mol. The SMILES string of the molecule is C1=C(c2ccc(OC3CCOCC3)cc2)COCC1. The summed E-state index contributed by atoms with van der Waals surface area (Å²) < 4.78 is 16.8. The molecule has 102 valence electrons. The van der Waals surface area contributed by atoms with Gasteiger partial charge in [0.05, 0.1) is 26.4 Å². The van der Waals surface area contributed by atoms with Crippen LogP contribution >= 0.6 is 0 Å². The highest BCUT2D eigenvalue weighted by Gasteiger charge is 2.15. The van der Waals surface area contributed by atoms with Gasteiger partial charge < -0.3 is 14.2 Å². The lowest BCUT2D eigenvalue weighted by atomic mass is 10.0. The quantitative estimate of drug-likeness (QED) is 0.836. The molecule has 0 aromatic heterocycles. The summed E-state index contributed by atoms with van der Waals surface area (Å²) in [6, 6.07) is 8.35. The van der Waals surface area contributed by atoms with Gasteiger partial charge in [-0.2, -0.15) is 0 Å². The summed E-state index contributed by atoms with van der Waals surface area (Å²) in [5.41, 5.74) is 2.52. The summed E-state index contributed by atoms with van der Waals surface area (Å²) in [5, 5.41) is 0. The lowest BCUT2D eigenvalue weighted by molar-refractivity contribution is 0.0256. The van der Waals surface area contributed by atoms with Crippen molar-refractivity contribution in [2.45, 2.75) is 25.4 Å². The molecule has 0 spiro atoms. The molecule has 0 N–H and O–H groups in total. The van der Waals surface area contributed by atoms with E-state index in [1.54, 1.807) is 0 Å². The summed E-state index contributed by atoms with van der Waals surface area (Å²) in [6.07, 6.45) is 5.55. The van der Waals surface area contributed by atoms with E-state index in [2.05, 4.69) is 30.3 Å². The van der Waals surface area contributed by atoms with Crippen LogP contribution in [0.1, 0.15) is 24.8 Å². The van der Waals surface area contributed by atoms with Crippen molar-refractivity contribution in [1.82, 2.24) is 0 Å². The molecular formula is C16H20O3. The Hall–Kier alpha value is -1.32. The molecule has 19 heavy (non-hydrogen) atoms. The van der Waals surface area contributed by atoms with Gasteiger partial charge in [0.2, 0.25) is 0 Å². The van der Waals surface area contributed by atoms with Crippen LogP contribution in [-0.2, 0) is 9.47 Å². The molecule has 0 unspecified atom stereocenters. The summed E-state index contributed by atoms with van der Waals surface area (Å²) >= 11 is 0. The van der Waals surface area contributed by atoms with Crippen LogP contribution in [0.4, 0.5) is 0 Å². The maximum atomic E-state index is 5.97. The van der Waals surface area contributed by atoms with Gasteiger partial charge >= 0.3 is 0 Å². The standard InChI is InChI=1S/C16H20O3/c1-2-14(12-18-9-1)13-3-5-15(6-4-13)19-16-7-10-17-11-8-16/h2-6,16H,1,7-12H2. The van der Waals surface area contributed by atoms with E-state index in [-0.39, 0.29) is 0 Å². The molecule has 2 aliphatic rings. The van der Waals surface area contributed by atoms with E-state index in [1.165, 1.54) is 11.1 Å². The van der Waals surface area contributed by atoms with Crippen molar-refractivity contribution >= 4 is 5.57 Å². The minimum absolute atomic E-state index is 0.303. The van der Waals surface area contributed by atoms with E-state index >= 15 is 0 Å². The van der Waals surface area contributed by atoms with Crippen LogP contribution < -0.4 is 4.74 Å². The molecule has 2 heterocycles. The van der Waals surface area contributed by atoms with Gasteiger partial charge in [0, 0.05) is 12.8 Å². The van der Waals surface area contributed by atoms with Gasteiger partial charge in [0.25, 0.3) is 0 Å². The Kier molecular flexibility index (Phi) is 4.16. The molecule has 2 aliphatic heterocycles. The van der Waals surface area contributed by atoms with Crippen LogP contribution in [0.2, 0.25) is 0 Å². The third-order valence-corrected chi connectivity index (χ3v) is 3.61. The zero-order valence-corrected chi connectivity index (χ0v) is 11.1. The fourth-order valence-electron chi connectivity index (χ4n) is 2.49. The topological polar surface area (TPSA) is 27.7 Å². The Bertz CT molecular complexity index is 430. The van der Waals surface area contributed by atoms with Crippen molar-refractivity contribution in [3.8, 4) is 5.75 Å². The molecule has 1 fully saturated rings. The van der Waals surface area contributed by atoms with Crippen molar-refractivity contribution in [1.29, 1.82) is 0 Å². The number of hydrogen-bond acceptors (Lipinski definition) is 3. The maximum Gasteiger partial charge on any atom is 0.119 e. The van der Waals surface area contributed by atoms with Crippen molar-refractivity contribution < 1.29 is 14.2 Å². The van der Waals surface area contributed by atoms with E-state index in [0.717, 1.165) is 51.4 Å². The molecule has 1 aromatic carbocycles. The highest BCUT2D eigenvalue weighted by Crippen LogP contribution is 2.23. The summed E-state index contributed by atoms with van der Waals surface area (Å²) in [6.45, 7) is 3.19. The molecule has 0 radical (unpaired) electrons. The minimum atomic E-state index is 0.303. The van der Waals surface area contributed by atoms with Crippen LogP contribution in [0.25, 0.3) is 5.57 Å². The summed E-state index contributed by atoms with van der Waals surface area (Å²) in [4.78, 5) is 0. The second-order valence-electron chi connectivity index (χ2n) is 5.02. The van der Waals surface area contributed by atoms with Gasteiger partial charge in [-0.1, -0.05) is 18.2 Å². The molecular weight excluding hydrogens is 240 g/mol. The van der Waals surface area contributed by atoms with E-state index < -0.39 is 0 Å². The molecule has 3 heteroatoms. The number of benzene rings is 1. The molecule has 1 aromatic rings. The first kappa shape index (κ1) is 12.7. The molecule has 0 amide bonds. The zero-order valence-electron chi connectivity index (χ0n) is 11.1. The molecule has 3 rings (SSSR count). The van der Waals surface area contributed by atoms with Gasteiger partial charge in [0.1, 0.15) is 11.9 Å². The maximum absolute atomic E-state index is 5.97. The van der Waals surface area contributed by atoms with Crippen LogP contribution in [0, 0.1) is 0 Å². The first-order valence-electron chi connectivity index (χ1n) is 7.03. The lowest BCUT2D eigenvalue weighted by Crippen LogP contribution is -2.25. The third kappa shape index (κ3) is 3.37. The van der Waals surface area contributed by atoms with Crippen molar-refractivity contribution in [3.05, 3.63) is 35.9 Å². The summed E-state index contributed by atoms with van der Waals surface area (Å²) in [7, 11) is 0. The van der Waals surface area contributed by atoms with Gasteiger partial charge in [-0.3, -0.25) is 0 Å². The van der Waals surface area contributed by atoms with Gasteiger partial charge in [-0.05, 0) is 29.7 Å². The second kappa shape index (κ2) is 6.22. The Morgan fingerprint density at radius 1 is 0.947 bits per heavy atom. The number of hydrogen-bond donors (Lipinski definition) is 0. The highest BCUT2D eigenvalue weighted by molar-refractivity contribution is 5.67. The summed E-state index contributed by atoms with van der Waals surface area (Å²) in [5.74, 6) is 0.952. The van der Waals surface area contributed by atoms with E-state index in [4.69, 9.17) is 14.2 Å². The van der Waals surface area contributed by atoms with Crippen molar-refractivity contribution in [2.75, 3.05) is 26.4 Å².